The lowest BCUT2D eigenvalue weighted by Gasteiger charge is -2.34. The zero-order chi connectivity index (χ0) is 8.48. The first-order chi connectivity index (χ1) is 5.06. The molecule has 1 unspecified atom stereocenters. The topological polar surface area (TPSA) is 49.5 Å². The molecule has 0 saturated carbocycles. The number of rotatable bonds is 2. The second-order valence-electron chi connectivity index (χ2n) is 3.91. The number of hydrogen-bond acceptors (Lipinski definition) is 3. The number of likely N-dealkylation sites (tertiary alicyclic amines) is 1. The van der Waals surface area contributed by atoms with Crippen LogP contribution in [0.15, 0.2) is 0 Å². The van der Waals surface area contributed by atoms with Crippen LogP contribution < -0.4 is 5.73 Å². The van der Waals surface area contributed by atoms with Gasteiger partial charge in [0.1, 0.15) is 0 Å². The molecule has 3 heteroatoms. The molecule has 1 aliphatic heterocycles. The van der Waals surface area contributed by atoms with Crippen LogP contribution in [0.2, 0.25) is 0 Å². The molecule has 0 aromatic carbocycles. The zero-order valence-corrected chi connectivity index (χ0v) is 7.38. The Balaban J connectivity index is 2.48. The maximum atomic E-state index is 9.28. The maximum absolute atomic E-state index is 9.28. The first kappa shape index (κ1) is 8.97. The average Bonchev–Trinajstić information content (AvgIpc) is 2.36. The second kappa shape index (κ2) is 3.09. The third-order valence-electron chi connectivity index (χ3n) is 2.52. The minimum Gasteiger partial charge on any atom is -0.392 e. The lowest BCUT2D eigenvalue weighted by atomic mass is 10.0. The quantitative estimate of drug-likeness (QED) is 0.584. The van der Waals surface area contributed by atoms with Gasteiger partial charge in [0, 0.05) is 25.2 Å². The van der Waals surface area contributed by atoms with Crippen molar-refractivity contribution in [2.75, 3.05) is 19.6 Å². The van der Waals surface area contributed by atoms with Gasteiger partial charge in [-0.05, 0) is 20.3 Å². The first-order valence-electron chi connectivity index (χ1n) is 4.19. The number of β-amino-alcohol motifs (C(OH)–C–C–N with tert-alkyl or cyclic N) is 1. The summed E-state index contributed by atoms with van der Waals surface area (Å²) in [7, 11) is 0. The highest BCUT2D eigenvalue weighted by Gasteiger charge is 2.31. The van der Waals surface area contributed by atoms with E-state index < -0.39 is 0 Å². The molecule has 1 rings (SSSR count). The van der Waals surface area contributed by atoms with Crippen molar-refractivity contribution in [1.82, 2.24) is 4.90 Å². The van der Waals surface area contributed by atoms with Gasteiger partial charge in [-0.25, -0.2) is 0 Å². The Bertz CT molecular complexity index is 136. The average molecular weight is 158 g/mol. The van der Waals surface area contributed by atoms with Crippen molar-refractivity contribution in [2.24, 2.45) is 5.73 Å². The Morgan fingerprint density at radius 2 is 2.27 bits per heavy atom. The molecule has 3 nitrogen and oxygen atoms in total. The molecule has 0 aliphatic carbocycles. The van der Waals surface area contributed by atoms with Gasteiger partial charge in [-0.2, -0.15) is 0 Å². The summed E-state index contributed by atoms with van der Waals surface area (Å²) in [6.45, 7) is 6.64. The van der Waals surface area contributed by atoms with Crippen molar-refractivity contribution in [2.45, 2.75) is 31.9 Å². The molecule has 0 bridgehead atoms. The number of nitrogens with two attached hydrogens (primary N) is 1. The molecule has 0 amide bonds. The molecule has 1 aliphatic rings. The van der Waals surface area contributed by atoms with E-state index in [1.165, 1.54) is 0 Å². The fourth-order valence-corrected chi connectivity index (χ4v) is 1.42. The summed E-state index contributed by atoms with van der Waals surface area (Å²) in [6, 6.07) is 0. The van der Waals surface area contributed by atoms with Gasteiger partial charge in [0.25, 0.3) is 0 Å². The van der Waals surface area contributed by atoms with Gasteiger partial charge >= 0.3 is 0 Å². The molecule has 0 aromatic heterocycles. The highest BCUT2D eigenvalue weighted by molar-refractivity contribution is 4.88. The lowest BCUT2D eigenvalue weighted by Crippen LogP contribution is -2.48. The third-order valence-corrected chi connectivity index (χ3v) is 2.52. The van der Waals surface area contributed by atoms with Crippen LogP contribution in [0.5, 0.6) is 0 Å². The van der Waals surface area contributed by atoms with Crippen LogP contribution in [-0.4, -0.2) is 41.3 Å². The molecule has 0 spiro atoms. The number of nitrogens with zero attached hydrogens (tertiary/aromatic N) is 1. The summed E-state index contributed by atoms with van der Waals surface area (Å²) in [6.07, 6.45) is 0.754. The van der Waals surface area contributed by atoms with Crippen LogP contribution in [0, 0.1) is 0 Å². The van der Waals surface area contributed by atoms with Crippen LogP contribution in [0.3, 0.4) is 0 Å². The maximum Gasteiger partial charge on any atom is 0.0679 e. The molecule has 0 aromatic rings. The van der Waals surface area contributed by atoms with Gasteiger partial charge in [-0.1, -0.05) is 0 Å². The molecular formula is C8H18N2O. The predicted molar refractivity (Wildman–Crippen MR) is 45.3 cm³/mol. The van der Waals surface area contributed by atoms with Gasteiger partial charge in [0.15, 0.2) is 0 Å². The normalized spacial score (nSPS) is 27.8. The summed E-state index contributed by atoms with van der Waals surface area (Å²) in [5, 5.41) is 9.28. The Morgan fingerprint density at radius 3 is 2.64 bits per heavy atom. The monoisotopic (exact) mass is 158 g/mol. The summed E-state index contributed by atoms with van der Waals surface area (Å²) in [4.78, 5) is 2.25. The van der Waals surface area contributed by atoms with Crippen molar-refractivity contribution in [3.63, 3.8) is 0 Å². The van der Waals surface area contributed by atoms with Crippen molar-refractivity contribution in [3.8, 4) is 0 Å². The highest BCUT2D eigenvalue weighted by Crippen LogP contribution is 2.19. The van der Waals surface area contributed by atoms with E-state index in [2.05, 4.69) is 18.7 Å². The van der Waals surface area contributed by atoms with E-state index >= 15 is 0 Å². The minimum atomic E-state index is -0.138. The van der Waals surface area contributed by atoms with Gasteiger partial charge in [0.05, 0.1) is 6.10 Å². The van der Waals surface area contributed by atoms with E-state index in [9.17, 15) is 5.11 Å². The lowest BCUT2D eigenvalue weighted by molar-refractivity contribution is 0.123. The van der Waals surface area contributed by atoms with Crippen LogP contribution in [0.4, 0.5) is 0 Å². The van der Waals surface area contributed by atoms with E-state index in [1.807, 2.05) is 0 Å². The van der Waals surface area contributed by atoms with Gasteiger partial charge in [-0.15, -0.1) is 0 Å². The summed E-state index contributed by atoms with van der Waals surface area (Å²) in [5.74, 6) is 0. The van der Waals surface area contributed by atoms with E-state index in [-0.39, 0.29) is 11.6 Å². The Morgan fingerprint density at radius 1 is 1.64 bits per heavy atom. The molecular weight excluding hydrogens is 140 g/mol. The third kappa shape index (κ3) is 1.92. The smallest absolute Gasteiger partial charge is 0.0679 e. The van der Waals surface area contributed by atoms with Gasteiger partial charge in [-0.3, -0.25) is 4.90 Å². The molecule has 1 fully saturated rings. The van der Waals surface area contributed by atoms with E-state index in [0.717, 1.165) is 19.5 Å². The molecule has 0 radical (unpaired) electrons. The fourth-order valence-electron chi connectivity index (χ4n) is 1.42. The number of aliphatic hydroxyl groups excluding tert-OH is 1. The SMILES string of the molecule is CC(C)(CN)N1CCC(O)C1. The highest BCUT2D eigenvalue weighted by atomic mass is 16.3. The molecule has 1 atom stereocenters. The van der Waals surface area contributed by atoms with Crippen molar-refractivity contribution in [3.05, 3.63) is 0 Å². The van der Waals surface area contributed by atoms with Crippen molar-refractivity contribution >= 4 is 0 Å². The van der Waals surface area contributed by atoms with Crippen LogP contribution in [-0.2, 0) is 0 Å². The van der Waals surface area contributed by atoms with Crippen LogP contribution >= 0.6 is 0 Å². The Labute approximate surface area is 68.2 Å². The Kier molecular flexibility index (Phi) is 2.52. The molecule has 1 heterocycles. The largest absolute Gasteiger partial charge is 0.392 e. The Hall–Kier alpha value is -0.120. The zero-order valence-electron chi connectivity index (χ0n) is 7.38. The molecule has 66 valence electrons. The summed E-state index contributed by atoms with van der Waals surface area (Å²) >= 11 is 0. The van der Waals surface area contributed by atoms with Crippen LogP contribution in [0.1, 0.15) is 20.3 Å². The molecule has 11 heavy (non-hydrogen) atoms. The number of aliphatic hydroxyl groups is 1. The molecule has 3 N–H and O–H groups in total. The second-order valence-corrected chi connectivity index (χ2v) is 3.91. The summed E-state index contributed by atoms with van der Waals surface area (Å²) in [5.41, 5.74) is 5.66. The van der Waals surface area contributed by atoms with Gasteiger partial charge in [0.2, 0.25) is 0 Å². The van der Waals surface area contributed by atoms with Crippen molar-refractivity contribution in [1.29, 1.82) is 0 Å². The predicted octanol–water partition coefficient (Wildman–Crippen LogP) is -0.210. The standard InChI is InChI=1S/C8H18N2O/c1-8(2,6-9)10-4-3-7(11)5-10/h7,11H,3-6,9H2,1-2H3. The minimum absolute atomic E-state index is 0.0531. The van der Waals surface area contributed by atoms with Crippen LogP contribution in [0.25, 0.3) is 0 Å². The van der Waals surface area contributed by atoms with E-state index in [4.69, 9.17) is 5.73 Å². The van der Waals surface area contributed by atoms with Gasteiger partial charge < -0.3 is 10.8 Å². The summed E-state index contributed by atoms with van der Waals surface area (Å²) < 4.78 is 0. The fraction of sp³-hybridized carbons (Fsp3) is 1.00. The van der Waals surface area contributed by atoms with Crippen molar-refractivity contribution < 1.29 is 5.11 Å². The first-order valence-corrected chi connectivity index (χ1v) is 4.19. The van der Waals surface area contributed by atoms with E-state index in [0.29, 0.717) is 6.54 Å². The molecule has 1 saturated heterocycles. The number of hydrogen-bond donors (Lipinski definition) is 2. The van der Waals surface area contributed by atoms with E-state index in [1.54, 1.807) is 0 Å².